The van der Waals surface area contributed by atoms with Crippen molar-refractivity contribution in [1.29, 1.82) is 0 Å². The molecular formula is C26H32ClN3O6. The first-order valence-corrected chi connectivity index (χ1v) is 12.4. The molecule has 1 aromatic carbocycles. The zero-order valence-electron chi connectivity index (χ0n) is 21.2. The zero-order valence-corrected chi connectivity index (χ0v) is 21.9. The number of nitrogens with zero attached hydrogens (tertiary/aromatic N) is 1. The fraction of sp³-hybridized carbons (Fsp3) is 0.500. The fourth-order valence-corrected chi connectivity index (χ4v) is 5.49. The summed E-state index contributed by atoms with van der Waals surface area (Å²) in [5.74, 6) is -0.461. The van der Waals surface area contributed by atoms with E-state index < -0.39 is 11.9 Å². The molecule has 194 valence electrons. The SMILES string of the molecule is Cc1cc(C)c(CNC(=O)c2cc(Cl)c3c(c2C)OC(C)([C@H]2CC[C@H](N(C)C(=O)O)CC2)O3)c(=O)[nH]1. The Morgan fingerprint density at radius 1 is 1.17 bits per heavy atom. The van der Waals surface area contributed by atoms with E-state index in [0.29, 0.717) is 41.0 Å². The Balaban J connectivity index is 1.49. The summed E-state index contributed by atoms with van der Waals surface area (Å²) in [5.41, 5.74) is 2.78. The Morgan fingerprint density at radius 2 is 1.81 bits per heavy atom. The van der Waals surface area contributed by atoms with Gasteiger partial charge in [0.1, 0.15) is 0 Å². The molecule has 2 heterocycles. The van der Waals surface area contributed by atoms with E-state index in [1.54, 1.807) is 20.0 Å². The van der Waals surface area contributed by atoms with Crippen molar-refractivity contribution in [2.75, 3.05) is 7.05 Å². The molecule has 0 radical (unpaired) electrons. The lowest BCUT2D eigenvalue weighted by Crippen LogP contribution is -2.47. The van der Waals surface area contributed by atoms with Gasteiger partial charge in [-0.25, -0.2) is 4.79 Å². The number of amides is 2. The van der Waals surface area contributed by atoms with Crippen molar-refractivity contribution < 1.29 is 24.2 Å². The van der Waals surface area contributed by atoms with E-state index in [0.717, 1.165) is 24.1 Å². The molecule has 36 heavy (non-hydrogen) atoms. The molecule has 2 aliphatic rings. The van der Waals surface area contributed by atoms with Crippen LogP contribution in [-0.4, -0.2) is 45.9 Å². The van der Waals surface area contributed by atoms with Gasteiger partial charge in [0.25, 0.3) is 17.3 Å². The molecule has 10 heteroatoms. The number of H-pyrrole nitrogens is 1. The second-order valence-corrected chi connectivity index (χ2v) is 10.3. The highest BCUT2D eigenvalue weighted by Crippen LogP contribution is 2.51. The van der Waals surface area contributed by atoms with Crippen LogP contribution in [0.4, 0.5) is 4.79 Å². The molecule has 4 rings (SSSR count). The maximum atomic E-state index is 13.1. The van der Waals surface area contributed by atoms with E-state index in [1.165, 1.54) is 4.90 Å². The van der Waals surface area contributed by atoms with Crippen LogP contribution in [0.1, 0.15) is 65.3 Å². The number of aryl methyl sites for hydroxylation is 2. The van der Waals surface area contributed by atoms with Crippen LogP contribution < -0.4 is 20.3 Å². The fourth-order valence-electron chi connectivity index (χ4n) is 5.26. The number of rotatable bonds is 5. The molecule has 1 aromatic heterocycles. The lowest BCUT2D eigenvalue weighted by Gasteiger charge is -2.39. The van der Waals surface area contributed by atoms with Gasteiger partial charge in [0.15, 0.2) is 11.5 Å². The maximum Gasteiger partial charge on any atom is 0.407 e. The summed E-state index contributed by atoms with van der Waals surface area (Å²) < 4.78 is 12.6. The van der Waals surface area contributed by atoms with Gasteiger partial charge in [-0.3, -0.25) is 9.59 Å². The van der Waals surface area contributed by atoms with Gasteiger partial charge in [0.05, 0.1) is 5.02 Å². The number of pyridine rings is 1. The van der Waals surface area contributed by atoms with Crippen molar-refractivity contribution in [3.63, 3.8) is 0 Å². The minimum absolute atomic E-state index is 0.0313. The van der Waals surface area contributed by atoms with Crippen molar-refractivity contribution >= 4 is 23.6 Å². The second kappa shape index (κ2) is 9.69. The van der Waals surface area contributed by atoms with Crippen LogP contribution in [0.2, 0.25) is 5.02 Å². The van der Waals surface area contributed by atoms with Crippen LogP contribution in [0, 0.1) is 26.7 Å². The summed E-state index contributed by atoms with van der Waals surface area (Å²) in [5, 5.41) is 12.4. The van der Waals surface area contributed by atoms with E-state index in [1.807, 2.05) is 26.8 Å². The molecule has 9 nitrogen and oxygen atoms in total. The molecular weight excluding hydrogens is 486 g/mol. The number of halogens is 1. The monoisotopic (exact) mass is 517 g/mol. The summed E-state index contributed by atoms with van der Waals surface area (Å²) in [6, 6.07) is 3.39. The number of fused-ring (bicyclic) bond motifs is 1. The minimum atomic E-state index is -0.967. The van der Waals surface area contributed by atoms with Crippen LogP contribution in [0.3, 0.4) is 0 Å². The van der Waals surface area contributed by atoms with Crippen molar-refractivity contribution in [3.05, 3.63) is 55.5 Å². The van der Waals surface area contributed by atoms with Crippen molar-refractivity contribution in [2.24, 2.45) is 5.92 Å². The van der Waals surface area contributed by atoms with Crippen molar-refractivity contribution in [1.82, 2.24) is 15.2 Å². The number of carbonyl (C=O) groups is 2. The molecule has 2 aromatic rings. The van der Waals surface area contributed by atoms with Crippen molar-refractivity contribution in [3.8, 4) is 11.5 Å². The van der Waals surface area contributed by atoms with Gasteiger partial charge < -0.3 is 29.8 Å². The average Bonchev–Trinajstić information content (AvgIpc) is 3.20. The second-order valence-electron chi connectivity index (χ2n) is 9.93. The number of ether oxygens (including phenoxy) is 2. The van der Waals surface area contributed by atoms with Crippen LogP contribution in [0.5, 0.6) is 11.5 Å². The number of aromatic nitrogens is 1. The Kier molecular flexibility index (Phi) is 6.96. The molecule has 3 N–H and O–H groups in total. The molecule has 2 amide bonds. The summed E-state index contributed by atoms with van der Waals surface area (Å²) in [4.78, 5) is 40.8. The number of benzene rings is 1. The van der Waals surface area contributed by atoms with E-state index in [2.05, 4.69) is 10.3 Å². The lowest BCUT2D eigenvalue weighted by molar-refractivity contribution is -0.123. The molecule has 0 bridgehead atoms. The first-order chi connectivity index (χ1) is 16.9. The molecule has 1 atom stereocenters. The summed E-state index contributed by atoms with van der Waals surface area (Å²) >= 11 is 6.53. The maximum absolute atomic E-state index is 13.1. The molecule has 0 spiro atoms. The Labute approximate surface area is 214 Å². The standard InChI is InChI=1S/C26H32ClN3O6/c1-13-10-14(2)29-24(32)19(13)12-28-23(31)18-11-20(27)22-21(15(18)3)35-26(4,36-22)16-6-8-17(9-7-16)30(5)25(33)34/h10-11,16-17H,6-9,12H2,1-5H3,(H,28,31)(H,29,32)(H,33,34)/t16-,17-,26?. The lowest BCUT2D eigenvalue weighted by atomic mass is 9.81. The zero-order chi connectivity index (χ0) is 26.4. The summed E-state index contributed by atoms with van der Waals surface area (Å²) in [6.07, 6.45) is 1.97. The number of nitrogens with one attached hydrogen (secondary N) is 2. The third-order valence-corrected chi connectivity index (χ3v) is 7.78. The Morgan fingerprint density at radius 3 is 2.42 bits per heavy atom. The van der Waals surface area contributed by atoms with Gasteiger partial charge >= 0.3 is 6.09 Å². The number of hydrogen-bond donors (Lipinski definition) is 3. The number of carbonyl (C=O) groups excluding carboxylic acids is 1. The van der Waals surface area contributed by atoms with Crippen LogP contribution in [0.25, 0.3) is 0 Å². The molecule has 0 saturated heterocycles. The minimum Gasteiger partial charge on any atom is -0.465 e. The summed E-state index contributed by atoms with van der Waals surface area (Å²) in [6.45, 7) is 7.36. The molecule has 1 aliphatic carbocycles. The number of aromatic amines is 1. The van der Waals surface area contributed by atoms with Crippen molar-refractivity contribution in [2.45, 2.75) is 71.8 Å². The van der Waals surface area contributed by atoms with Gasteiger partial charge in [-0.15, -0.1) is 0 Å². The number of hydrogen-bond acceptors (Lipinski definition) is 5. The van der Waals surface area contributed by atoms with Gasteiger partial charge in [0, 0.05) is 54.9 Å². The van der Waals surface area contributed by atoms with E-state index in [9.17, 15) is 19.5 Å². The predicted molar refractivity (Wildman–Crippen MR) is 135 cm³/mol. The third kappa shape index (κ3) is 4.76. The highest BCUT2D eigenvalue weighted by molar-refractivity contribution is 6.33. The highest BCUT2D eigenvalue weighted by Gasteiger charge is 2.47. The van der Waals surface area contributed by atoms with E-state index in [4.69, 9.17) is 21.1 Å². The van der Waals surface area contributed by atoms with E-state index >= 15 is 0 Å². The largest absolute Gasteiger partial charge is 0.465 e. The first-order valence-electron chi connectivity index (χ1n) is 12.1. The Bertz CT molecular complexity index is 1270. The molecule has 1 saturated carbocycles. The van der Waals surface area contributed by atoms with Crippen LogP contribution in [0.15, 0.2) is 16.9 Å². The topological polar surface area (TPSA) is 121 Å². The van der Waals surface area contributed by atoms with Crippen LogP contribution >= 0.6 is 11.6 Å². The predicted octanol–water partition coefficient (Wildman–Crippen LogP) is 4.54. The number of carboxylic acid groups (broad SMARTS) is 1. The van der Waals surface area contributed by atoms with Gasteiger partial charge in [-0.2, -0.15) is 0 Å². The van der Waals surface area contributed by atoms with Gasteiger partial charge in [-0.1, -0.05) is 11.6 Å². The highest BCUT2D eigenvalue weighted by atomic mass is 35.5. The van der Waals surface area contributed by atoms with Gasteiger partial charge in [-0.05, 0) is 64.2 Å². The molecule has 1 aliphatic heterocycles. The first kappa shape index (κ1) is 25.9. The Hall–Kier alpha value is -3.20. The van der Waals surface area contributed by atoms with E-state index in [-0.39, 0.29) is 35.0 Å². The van der Waals surface area contributed by atoms with Crippen LogP contribution in [-0.2, 0) is 6.54 Å². The normalized spacial score (nSPS) is 22.8. The molecule has 1 unspecified atom stereocenters. The average molecular weight is 518 g/mol. The summed E-state index contributed by atoms with van der Waals surface area (Å²) in [7, 11) is 1.60. The smallest absolute Gasteiger partial charge is 0.407 e. The third-order valence-electron chi connectivity index (χ3n) is 7.50. The quantitative estimate of drug-likeness (QED) is 0.535. The van der Waals surface area contributed by atoms with Gasteiger partial charge in [0.2, 0.25) is 0 Å². The molecule has 1 fully saturated rings.